The van der Waals surface area contributed by atoms with Crippen LogP contribution in [0.4, 0.5) is 0 Å². The molecule has 5 aliphatic rings. The molecule has 21 heteroatoms. The van der Waals surface area contributed by atoms with E-state index < -0.39 is 64.3 Å². The van der Waals surface area contributed by atoms with Gasteiger partial charge in [0, 0.05) is 98.0 Å². The topological polar surface area (TPSA) is 150 Å². The normalized spacial score (nSPS) is 14.5. The Morgan fingerprint density at radius 3 is 0.814 bits per heavy atom. The summed E-state index contributed by atoms with van der Waals surface area (Å²) in [6, 6.07) is 25.3. The third kappa shape index (κ3) is 16.8. The number of imide groups is 4. The molecule has 0 atom stereocenters. The molecular formula is C92H113B5BrN4O8Sn3. The molecule has 0 unspecified atom stereocenters. The van der Waals surface area contributed by atoms with Crippen molar-refractivity contribution in [3.8, 4) is 0 Å². The fraction of sp³-hybridized carbons (Fsp3) is 0.478. The number of unbranched alkanes of at least 4 members (excludes halogenated alkanes) is 8. The maximum atomic E-state index is 14.2. The van der Waals surface area contributed by atoms with Crippen LogP contribution in [0.15, 0.2) is 83.3 Å². The molecule has 9 radical (unpaired) electrons. The minimum Gasteiger partial charge on any atom is 0 e. The van der Waals surface area contributed by atoms with Crippen molar-refractivity contribution in [2.45, 2.75) is 247 Å². The SMILES string of the molecule is CCCN1C(=O)c2ccc3c4ccc5c6c(cc(Br)c(c7ccc(c2c37)C1=O)c64)C(=O)N(CCC)C5=O.CCC[CH2][Sn]([CH2]CCC)[CH2]CCC.CCC[CH2][Sn]([CH2]CCC)[CH2]CCC.CCC[CH2][Sn]1([CH2]CCC)[c]2cc3c4c(ccc5c6ccc7c8c(c[c]1c(c2c45)c86)C(=O)N(CCC)C7=O)C(=O)N(CCC)C3=O.[B][B]B([B])[B]. The zero-order valence-electron chi connectivity index (χ0n) is 69.5. The average Bonchev–Trinajstić information content (AvgIpc) is 1.52. The van der Waals surface area contributed by atoms with E-state index in [1.54, 1.807) is 44.8 Å². The van der Waals surface area contributed by atoms with Crippen molar-refractivity contribution in [3.63, 3.8) is 0 Å². The van der Waals surface area contributed by atoms with E-state index in [-0.39, 0.29) is 47.3 Å². The van der Waals surface area contributed by atoms with Crippen molar-refractivity contribution in [2.24, 2.45) is 0 Å². The first kappa shape index (κ1) is 88.4. The molecule has 12 nitrogen and oxygen atoms in total. The molecule has 5 heterocycles. The number of rotatable bonds is 33. The Kier molecular flexibility index (Phi) is 31.2. The first-order chi connectivity index (χ1) is 54.7. The number of fused-ring (bicyclic) bond motifs is 3. The van der Waals surface area contributed by atoms with Gasteiger partial charge in [-0.15, -0.1) is 0 Å². The molecule has 0 saturated heterocycles. The Morgan fingerprint density at radius 1 is 0.310 bits per heavy atom. The molecule has 113 heavy (non-hydrogen) atoms. The molecular weight excluding hydrogens is 1780 g/mol. The van der Waals surface area contributed by atoms with Crippen LogP contribution in [0.3, 0.4) is 0 Å². The van der Waals surface area contributed by atoms with Crippen LogP contribution in [0.5, 0.6) is 0 Å². The molecule has 0 N–H and O–H groups in total. The molecule has 583 valence electrons. The summed E-state index contributed by atoms with van der Waals surface area (Å²) < 4.78 is 15.8. The van der Waals surface area contributed by atoms with E-state index in [1.807, 2.05) is 64.1 Å². The predicted octanol–water partition coefficient (Wildman–Crippen LogP) is 21.6. The van der Waals surface area contributed by atoms with Crippen LogP contribution in [0.1, 0.15) is 294 Å². The van der Waals surface area contributed by atoms with Crippen molar-refractivity contribution in [1.29, 1.82) is 0 Å². The Balaban J connectivity index is 0.000000165. The standard InChI is InChI=1S/C30H21BrN2O4.C30H20N2O4.8C4H9.B5.3Sn/c1-3-11-32-27(34)17-8-5-14-15-6-9-19-24-20(30(37)33(12-4-2)29(19)36)13-21(31)25(26(15)24)16-7-10-18(28(32)35)23(17)22(14)16;1-3-13-31-27(33)19-9-5-15-17-7-11-21-26-22(30(36)32(14-4-2)29(21)35)12-8-18(24(17)26)16-6-10-20(28(31)34)25(19)23(15)16;8*1-3-4-2;1-4-5(2)3;;;/h5-10,13H,3-4,11-12H2,1-2H3;5,7,9-12H,3-4,13-14H2,1-2H3;8*1,3-4H2,2H3;;;;. The van der Waals surface area contributed by atoms with Crippen LogP contribution in [0.2, 0.25) is 35.5 Å². The molecule has 15 rings (SSSR count). The van der Waals surface area contributed by atoms with Crippen LogP contribution in [0.25, 0.3) is 86.2 Å². The van der Waals surface area contributed by atoms with Gasteiger partial charge in [-0.3, -0.25) is 29.0 Å². The van der Waals surface area contributed by atoms with Gasteiger partial charge in [-0.2, -0.15) is 0 Å². The van der Waals surface area contributed by atoms with Crippen molar-refractivity contribution in [3.05, 3.63) is 128 Å². The van der Waals surface area contributed by atoms with Gasteiger partial charge in [0.25, 0.3) is 23.6 Å². The van der Waals surface area contributed by atoms with Gasteiger partial charge in [0.05, 0.1) is 0 Å². The van der Waals surface area contributed by atoms with E-state index in [4.69, 9.17) is 23.2 Å². The number of amides is 8. The molecule has 0 bridgehead atoms. The molecule has 0 aliphatic carbocycles. The maximum absolute atomic E-state index is 14.2. The largest absolute Gasteiger partial charge is 0 e. The van der Waals surface area contributed by atoms with Crippen LogP contribution < -0.4 is 7.16 Å². The van der Waals surface area contributed by atoms with E-state index in [9.17, 15) is 38.4 Å². The number of carbonyl (C=O) groups excluding carboxylic acids is 8. The van der Waals surface area contributed by atoms with Gasteiger partial charge in [0.1, 0.15) is 0 Å². The van der Waals surface area contributed by atoms with E-state index >= 15 is 0 Å². The average molecular weight is 1890 g/mol. The van der Waals surface area contributed by atoms with Gasteiger partial charge in [-0.25, -0.2) is 0 Å². The maximum Gasteiger partial charge on any atom is 0 e. The smallest absolute Gasteiger partial charge is 0 e. The second-order valence-corrected chi connectivity index (χ2v) is 62.1. The van der Waals surface area contributed by atoms with E-state index in [1.165, 1.54) is 122 Å². The van der Waals surface area contributed by atoms with Crippen LogP contribution in [0, 0.1) is 0 Å². The Labute approximate surface area is 703 Å². The fourth-order valence-corrected chi connectivity index (χ4v) is 54.7. The summed E-state index contributed by atoms with van der Waals surface area (Å²) in [7, 11) is 15.8. The second kappa shape index (κ2) is 39.9. The van der Waals surface area contributed by atoms with Crippen molar-refractivity contribution in [1.82, 2.24) is 19.6 Å². The van der Waals surface area contributed by atoms with Gasteiger partial charge in [0.15, 0.2) is 0 Å². The van der Waals surface area contributed by atoms with E-state index in [2.05, 4.69) is 95.6 Å². The summed E-state index contributed by atoms with van der Waals surface area (Å²) in [6.45, 7) is 27.9. The van der Waals surface area contributed by atoms with Crippen molar-refractivity contribution in [2.75, 3.05) is 26.2 Å². The van der Waals surface area contributed by atoms with Gasteiger partial charge in [-0.05, 0) is 58.7 Å². The molecule has 10 aromatic carbocycles. The van der Waals surface area contributed by atoms with Gasteiger partial charge in [-0.1, -0.05) is 48.0 Å². The Bertz CT molecular complexity index is 5010. The Morgan fingerprint density at radius 2 is 0.549 bits per heavy atom. The zero-order valence-corrected chi connectivity index (χ0v) is 79.6. The summed E-state index contributed by atoms with van der Waals surface area (Å²) in [5.74, 6) is -1.90. The molecule has 10 aromatic rings. The van der Waals surface area contributed by atoms with E-state index in [0.29, 0.717) is 107 Å². The first-order valence-electron chi connectivity index (χ1n) is 43.1. The zero-order chi connectivity index (χ0) is 81.3. The van der Waals surface area contributed by atoms with Crippen LogP contribution in [-0.4, -0.2) is 188 Å². The predicted molar refractivity (Wildman–Crippen MR) is 489 cm³/mol. The van der Waals surface area contributed by atoms with Crippen LogP contribution >= 0.6 is 15.9 Å². The van der Waals surface area contributed by atoms with Crippen molar-refractivity contribution >= 4 is 251 Å². The molecule has 0 aromatic heterocycles. The molecule has 8 amide bonds. The summed E-state index contributed by atoms with van der Waals surface area (Å²) >= 11 is -1.52. The summed E-state index contributed by atoms with van der Waals surface area (Å²) in [4.78, 5) is 115. The summed E-state index contributed by atoms with van der Waals surface area (Å²) in [5, 5.41) is 14.6. The number of hydrogen-bond donors (Lipinski definition) is 0. The number of hydrogen-bond acceptors (Lipinski definition) is 8. The van der Waals surface area contributed by atoms with Crippen molar-refractivity contribution < 1.29 is 38.4 Å². The van der Waals surface area contributed by atoms with Gasteiger partial charge >= 0.3 is 453 Å². The first-order valence-corrected chi connectivity index (χ1v) is 62.9. The van der Waals surface area contributed by atoms with Gasteiger partial charge in [0.2, 0.25) is 0 Å². The monoisotopic (exact) mass is 1900 g/mol. The van der Waals surface area contributed by atoms with Gasteiger partial charge < -0.3 is 0 Å². The quantitative estimate of drug-likeness (QED) is 0.0171. The fourth-order valence-electron chi connectivity index (χ4n) is 18.5. The molecule has 0 spiro atoms. The third-order valence-electron chi connectivity index (χ3n) is 24.1. The molecule has 0 fully saturated rings. The second-order valence-electron chi connectivity index (χ2n) is 32.0. The molecule has 5 aliphatic heterocycles. The number of carbonyl (C=O) groups is 8. The molecule has 0 saturated carbocycles. The minimum absolute atomic E-state index is 0.183. The third-order valence-corrected chi connectivity index (χ3v) is 57.9. The van der Waals surface area contributed by atoms with E-state index in [0.717, 1.165) is 104 Å². The number of halogens is 1. The van der Waals surface area contributed by atoms with Crippen LogP contribution in [-0.2, 0) is 0 Å². The summed E-state index contributed by atoms with van der Waals surface area (Å²) in [6.07, 6.45) is 24.4. The minimum atomic E-state index is -3.57. The number of benzene rings is 10. The summed E-state index contributed by atoms with van der Waals surface area (Å²) in [5.41, 5.74) is 4.60. The number of nitrogens with zero attached hydrogens (tertiary/aromatic N) is 4. The Hall–Kier alpha value is -5.44.